The van der Waals surface area contributed by atoms with E-state index in [1.54, 1.807) is 13.2 Å². The maximum atomic E-state index is 12.1. The summed E-state index contributed by atoms with van der Waals surface area (Å²) >= 11 is 0. The molecule has 0 unspecified atom stereocenters. The molecule has 0 radical (unpaired) electrons. The Morgan fingerprint density at radius 3 is 2.67 bits per heavy atom. The summed E-state index contributed by atoms with van der Waals surface area (Å²) in [7, 11) is 3.50. The van der Waals surface area contributed by atoms with E-state index in [0.29, 0.717) is 5.69 Å². The van der Waals surface area contributed by atoms with E-state index in [2.05, 4.69) is 10.2 Å². The average molecular weight is 291 g/mol. The average Bonchev–Trinajstić information content (AvgIpc) is 2.81. The van der Waals surface area contributed by atoms with Crippen molar-refractivity contribution in [3.8, 4) is 0 Å². The van der Waals surface area contributed by atoms with Crippen LogP contribution in [0.15, 0.2) is 23.3 Å². The fraction of sp³-hybridized carbons (Fsp3) is 0.385. The summed E-state index contributed by atoms with van der Waals surface area (Å²) in [5.74, 6) is -1.08. The zero-order valence-corrected chi connectivity index (χ0v) is 12.1. The number of carboxylic acids is 1. The summed E-state index contributed by atoms with van der Waals surface area (Å²) in [6.45, 7) is 2.80. The summed E-state index contributed by atoms with van der Waals surface area (Å²) in [5.41, 5.74) is 0.933. The number of nitrogens with zero attached hydrogens (tertiary/aromatic N) is 5. The molecule has 8 nitrogen and oxygen atoms in total. The second-order valence-corrected chi connectivity index (χ2v) is 4.66. The van der Waals surface area contributed by atoms with Gasteiger partial charge in [0.15, 0.2) is 0 Å². The standard InChI is InChI=1S/C13H17N5O3/c1-4-16(2)9-5-12(19)18(15-6-9)8-11-10(13(20)21)7-14-17(11)3/h5-7H,4,8H2,1-3H3,(H,20,21). The molecular weight excluding hydrogens is 274 g/mol. The summed E-state index contributed by atoms with van der Waals surface area (Å²) in [4.78, 5) is 25.1. The molecule has 0 aliphatic heterocycles. The quantitative estimate of drug-likeness (QED) is 0.844. The number of aromatic nitrogens is 4. The third-order valence-corrected chi connectivity index (χ3v) is 3.36. The lowest BCUT2D eigenvalue weighted by Gasteiger charge is -2.16. The minimum absolute atomic E-state index is 0.0626. The second-order valence-electron chi connectivity index (χ2n) is 4.66. The first-order chi connectivity index (χ1) is 9.93. The fourth-order valence-electron chi connectivity index (χ4n) is 1.90. The van der Waals surface area contributed by atoms with Crippen molar-refractivity contribution in [1.29, 1.82) is 0 Å². The molecular formula is C13H17N5O3. The van der Waals surface area contributed by atoms with Crippen LogP contribution >= 0.6 is 0 Å². The topological polar surface area (TPSA) is 93.2 Å². The highest BCUT2D eigenvalue weighted by atomic mass is 16.4. The van der Waals surface area contributed by atoms with Gasteiger partial charge in [0.25, 0.3) is 5.56 Å². The summed E-state index contributed by atoms with van der Waals surface area (Å²) in [6.07, 6.45) is 2.85. The smallest absolute Gasteiger partial charge is 0.339 e. The fourth-order valence-corrected chi connectivity index (χ4v) is 1.90. The third-order valence-electron chi connectivity index (χ3n) is 3.36. The minimum Gasteiger partial charge on any atom is -0.478 e. The summed E-state index contributed by atoms with van der Waals surface area (Å²) < 4.78 is 2.65. The molecule has 2 aromatic rings. The number of hydrogen-bond acceptors (Lipinski definition) is 5. The van der Waals surface area contributed by atoms with Crippen LogP contribution in [-0.4, -0.2) is 44.2 Å². The lowest BCUT2D eigenvalue weighted by Crippen LogP contribution is -2.27. The predicted molar refractivity (Wildman–Crippen MR) is 76.7 cm³/mol. The zero-order chi connectivity index (χ0) is 15.6. The molecule has 0 amide bonds. The molecule has 0 aliphatic carbocycles. The molecule has 0 aromatic carbocycles. The number of aryl methyl sites for hydroxylation is 1. The number of carbonyl (C=O) groups is 1. The molecule has 0 atom stereocenters. The lowest BCUT2D eigenvalue weighted by atomic mass is 10.2. The van der Waals surface area contributed by atoms with Crippen LogP contribution in [-0.2, 0) is 13.6 Å². The Kier molecular flexibility index (Phi) is 4.06. The van der Waals surface area contributed by atoms with Gasteiger partial charge in [0.2, 0.25) is 0 Å². The van der Waals surface area contributed by atoms with Gasteiger partial charge >= 0.3 is 5.97 Å². The van der Waals surface area contributed by atoms with Crippen molar-refractivity contribution in [2.24, 2.45) is 7.05 Å². The highest BCUT2D eigenvalue weighted by Crippen LogP contribution is 2.10. The molecule has 8 heteroatoms. The Morgan fingerprint density at radius 1 is 1.38 bits per heavy atom. The van der Waals surface area contributed by atoms with Gasteiger partial charge in [0, 0.05) is 26.7 Å². The minimum atomic E-state index is -1.08. The van der Waals surface area contributed by atoms with Gasteiger partial charge in [-0.1, -0.05) is 0 Å². The van der Waals surface area contributed by atoms with Gasteiger partial charge in [-0.2, -0.15) is 10.2 Å². The molecule has 0 spiro atoms. The largest absolute Gasteiger partial charge is 0.478 e. The van der Waals surface area contributed by atoms with Gasteiger partial charge in [-0.05, 0) is 6.92 Å². The maximum absolute atomic E-state index is 12.1. The Balaban J connectivity index is 2.35. The molecule has 2 aromatic heterocycles. The van der Waals surface area contributed by atoms with Gasteiger partial charge in [0.05, 0.1) is 30.3 Å². The predicted octanol–water partition coefficient (Wildman–Crippen LogP) is 0.179. The van der Waals surface area contributed by atoms with Crippen molar-refractivity contribution in [1.82, 2.24) is 19.6 Å². The van der Waals surface area contributed by atoms with E-state index in [0.717, 1.165) is 12.2 Å². The van der Waals surface area contributed by atoms with Gasteiger partial charge < -0.3 is 10.0 Å². The molecule has 21 heavy (non-hydrogen) atoms. The second kappa shape index (κ2) is 5.78. The number of aromatic carboxylic acids is 1. The van der Waals surface area contributed by atoms with E-state index >= 15 is 0 Å². The monoisotopic (exact) mass is 291 g/mol. The van der Waals surface area contributed by atoms with E-state index in [1.807, 2.05) is 18.9 Å². The van der Waals surface area contributed by atoms with Crippen molar-refractivity contribution in [3.05, 3.63) is 40.1 Å². The first-order valence-corrected chi connectivity index (χ1v) is 6.46. The van der Waals surface area contributed by atoms with Crippen molar-refractivity contribution in [2.75, 3.05) is 18.5 Å². The third kappa shape index (κ3) is 2.93. The molecule has 0 aliphatic rings. The van der Waals surface area contributed by atoms with Gasteiger partial charge in [-0.25, -0.2) is 9.48 Å². The molecule has 0 bridgehead atoms. The number of anilines is 1. The van der Waals surface area contributed by atoms with E-state index in [-0.39, 0.29) is 17.7 Å². The lowest BCUT2D eigenvalue weighted by molar-refractivity contribution is 0.0695. The Bertz CT molecular complexity index is 719. The first-order valence-electron chi connectivity index (χ1n) is 6.46. The van der Waals surface area contributed by atoms with E-state index in [1.165, 1.54) is 21.6 Å². The number of hydrogen-bond donors (Lipinski definition) is 1. The van der Waals surface area contributed by atoms with Crippen molar-refractivity contribution < 1.29 is 9.90 Å². The zero-order valence-electron chi connectivity index (χ0n) is 12.1. The molecule has 112 valence electrons. The van der Waals surface area contributed by atoms with Gasteiger partial charge in [-0.15, -0.1) is 0 Å². The van der Waals surface area contributed by atoms with E-state index in [9.17, 15) is 9.59 Å². The summed E-state index contributed by atoms with van der Waals surface area (Å²) in [5, 5.41) is 17.1. The van der Waals surface area contributed by atoms with Crippen molar-refractivity contribution >= 4 is 11.7 Å². The van der Waals surface area contributed by atoms with Gasteiger partial charge in [-0.3, -0.25) is 9.48 Å². The number of rotatable bonds is 5. The molecule has 1 N–H and O–H groups in total. The Morgan fingerprint density at radius 2 is 2.10 bits per heavy atom. The molecule has 0 fully saturated rings. The Hall–Kier alpha value is -2.64. The van der Waals surface area contributed by atoms with E-state index in [4.69, 9.17) is 5.11 Å². The van der Waals surface area contributed by atoms with Crippen molar-refractivity contribution in [2.45, 2.75) is 13.5 Å². The molecule has 0 saturated heterocycles. The van der Waals surface area contributed by atoms with Crippen LogP contribution in [0.25, 0.3) is 0 Å². The van der Waals surface area contributed by atoms with Crippen LogP contribution in [0, 0.1) is 0 Å². The molecule has 2 rings (SSSR count). The SMILES string of the molecule is CCN(C)c1cnn(Cc2c(C(=O)O)cnn2C)c(=O)c1. The van der Waals surface area contributed by atoms with Crippen molar-refractivity contribution in [3.63, 3.8) is 0 Å². The van der Waals surface area contributed by atoms with Gasteiger partial charge in [0.1, 0.15) is 5.56 Å². The Labute approximate surface area is 121 Å². The molecule has 0 saturated carbocycles. The van der Waals surface area contributed by atoms with Crippen LogP contribution < -0.4 is 10.5 Å². The first kappa shape index (κ1) is 14.8. The van der Waals surface area contributed by atoms with Crippen LogP contribution in [0.2, 0.25) is 0 Å². The normalized spacial score (nSPS) is 10.6. The van der Waals surface area contributed by atoms with Crippen LogP contribution in [0.4, 0.5) is 5.69 Å². The van der Waals surface area contributed by atoms with Crippen LogP contribution in [0.1, 0.15) is 23.0 Å². The van der Waals surface area contributed by atoms with Crippen LogP contribution in [0.5, 0.6) is 0 Å². The highest BCUT2D eigenvalue weighted by Gasteiger charge is 2.16. The highest BCUT2D eigenvalue weighted by molar-refractivity contribution is 5.88. The summed E-state index contributed by atoms with van der Waals surface area (Å²) in [6, 6.07) is 1.48. The number of carboxylic acid groups (broad SMARTS) is 1. The van der Waals surface area contributed by atoms with Crippen LogP contribution in [0.3, 0.4) is 0 Å². The maximum Gasteiger partial charge on any atom is 0.339 e. The van der Waals surface area contributed by atoms with E-state index < -0.39 is 5.97 Å². The molecule has 2 heterocycles.